The minimum atomic E-state index is -0.251. The predicted octanol–water partition coefficient (Wildman–Crippen LogP) is 3.62. The first-order valence-corrected chi connectivity index (χ1v) is 10.7. The van der Waals surface area contributed by atoms with Gasteiger partial charge in [-0.1, -0.05) is 31.4 Å². The zero-order valence-corrected chi connectivity index (χ0v) is 20.2. The van der Waals surface area contributed by atoms with Crippen LogP contribution in [-0.4, -0.2) is 55.6 Å². The van der Waals surface area contributed by atoms with E-state index in [2.05, 4.69) is 20.5 Å². The highest BCUT2D eigenvalue weighted by Crippen LogP contribution is 2.25. The van der Waals surface area contributed by atoms with Crippen LogP contribution in [0, 0.1) is 5.82 Å². The van der Waals surface area contributed by atoms with Crippen LogP contribution >= 0.6 is 24.0 Å². The number of guanidine groups is 1. The number of halogens is 2. The predicted molar refractivity (Wildman–Crippen MR) is 128 cm³/mol. The molecule has 1 heterocycles. The third kappa shape index (κ3) is 7.37. The number of ether oxygens (including phenoxy) is 1. The summed E-state index contributed by atoms with van der Waals surface area (Å²) in [7, 11) is 1.75. The van der Waals surface area contributed by atoms with E-state index in [0.717, 1.165) is 24.4 Å². The van der Waals surface area contributed by atoms with Crippen LogP contribution in [0.25, 0.3) is 0 Å². The Morgan fingerprint density at radius 1 is 1.20 bits per heavy atom. The molecule has 168 valence electrons. The van der Waals surface area contributed by atoms with Gasteiger partial charge in [-0.05, 0) is 37.5 Å². The molecule has 1 amide bonds. The zero-order valence-electron chi connectivity index (χ0n) is 17.9. The number of carbonyl (C=O) groups excluding carboxylic acids is 1. The minimum absolute atomic E-state index is 0. The summed E-state index contributed by atoms with van der Waals surface area (Å²) in [4.78, 5) is 18.7. The molecule has 6 nitrogen and oxygen atoms in total. The van der Waals surface area contributed by atoms with Crippen LogP contribution in [-0.2, 0) is 9.53 Å². The molecule has 2 aliphatic rings. The molecule has 8 heteroatoms. The second-order valence-electron chi connectivity index (χ2n) is 8.02. The summed E-state index contributed by atoms with van der Waals surface area (Å²) < 4.78 is 19.3. The van der Waals surface area contributed by atoms with Gasteiger partial charge in [0, 0.05) is 32.6 Å². The van der Waals surface area contributed by atoms with E-state index < -0.39 is 0 Å². The molecule has 0 spiro atoms. The lowest BCUT2D eigenvalue weighted by atomic mass is 9.95. The molecular weight excluding hydrogens is 498 g/mol. The quantitative estimate of drug-likeness (QED) is 0.346. The molecule has 30 heavy (non-hydrogen) atoms. The molecular formula is C22H34FIN4O2. The highest BCUT2D eigenvalue weighted by molar-refractivity contribution is 14.0. The van der Waals surface area contributed by atoms with Gasteiger partial charge < -0.3 is 20.3 Å². The summed E-state index contributed by atoms with van der Waals surface area (Å²) in [5.74, 6) is 0.607. The maximum Gasteiger partial charge on any atom is 0.221 e. The van der Waals surface area contributed by atoms with Crippen LogP contribution in [0.15, 0.2) is 29.3 Å². The van der Waals surface area contributed by atoms with Crippen molar-refractivity contribution in [2.75, 3.05) is 26.7 Å². The van der Waals surface area contributed by atoms with Crippen LogP contribution in [0.4, 0.5) is 4.39 Å². The number of rotatable bonds is 5. The summed E-state index contributed by atoms with van der Waals surface area (Å²) >= 11 is 0. The molecule has 0 bridgehead atoms. The van der Waals surface area contributed by atoms with Crippen LogP contribution < -0.4 is 10.6 Å². The topological polar surface area (TPSA) is 66.0 Å². The Labute approximate surface area is 196 Å². The summed E-state index contributed by atoms with van der Waals surface area (Å²) in [6.45, 7) is 3.90. The lowest BCUT2D eigenvalue weighted by Gasteiger charge is -2.38. The zero-order chi connectivity index (χ0) is 20.6. The standard InChI is InChI=1S/C22H33FN4O2.HI/c1-16-14-27(15-20(29-16)17-8-10-18(23)11-9-17)22(24-2)25-13-12-21(28)26-19-6-4-3-5-7-19;/h8-11,16,19-20H,3-7,12-15H2,1-2H3,(H,24,25)(H,26,28);1H. The molecule has 0 radical (unpaired) electrons. The van der Waals surface area contributed by atoms with Gasteiger partial charge in [0.15, 0.2) is 5.96 Å². The number of morpholine rings is 1. The van der Waals surface area contributed by atoms with Crippen molar-refractivity contribution in [3.8, 4) is 0 Å². The number of nitrogens with zero attached hydrogens (tertiary/aromatic N) is 2. The summed E-state index contributed by atoms with van der Waals surface area (Å²) in [6, 6.07) is 6.79. The van der Waals surface area contributed by atoms with Crippen molar-refractivity contribution >= 4 is 35.8 Å². The van der Waals surface area contributed by atoms with Crippen molar-refractivity contribution in [1.29, 1.82) is 0 Å². The first kappa shape index (κ1) is 24.8. The van der Waals surface area contributed by atoms with Gasteiger partial charge in [-0.3, -0.25) is 9.79 Å². The SMILES string of the molecule is CN=C(NCCC(=O)NC1CCCCC1)N1CC(C)OC(c2ccc(F)cc2)C1.I. The second kappa shape index (κ2) is 12.4. The maximum atomic E-state index is 13.2. The van der Waals surface area contributed by atoms with Gasteiger partial charge in [0.05, 0.1) is 12.6 Å². The number of aliphatic imine (C=N–C) groups is 1. The summed E-state index contributed by atoms with van der Waals surface area (Å²) in [5, 5.41) is 6.46. The number of nitrogens with one attached hydrogen (secondary N) is 2. The van der Waals surface area contributed by atoms with Crippen molar-refractivity contribution in [3.63, 3.8) is 0 Å². The van der Waals surface area contributed by atoms with Crippen molar-refractivity contribution in [2.45, 2.75) is 63.7 Å². The molecule has 2 atom stereocenters. The smallest absolute Gasteiger partial charge is 0.221 e. The molecule has 1 aliphatic heterocycles. The van der Waals surface area contributed by atoms with Gasteiger partial charge in [-0.15, -0.1) is 24.0 Å². The number of benzene rings is 1. The van der Waals surface area contributed by atoms with Crippen LogP contribution in [0.5, 0.6) is 0 Å². The number of amides is 1. The number of hydrogen-bond donors (Lipinski definition) is 2. The fraction of sp³-hybridized carbons (Fsp3) is 0.636. The first-order chi connectivity index (χ1) is 14.0. The Hall–Kier alpha value is -1.42. The van der Waals surface area contributed by atoms with Crippen molar-refractivity contribution < 1.29 is 13.9 Å². The molecule has 1 saturated heterocycles. The Bertz CT molecular complexity index is 695. The lowest BCUT2D eigenvalue weighted by Crippen LogP contribution is -2.51. The summed E-state index contributed by atoms with van der Waals surface area (Å²) in [5.41, 5.74) is 0.949. The van der Waals surface area contributed by atoms with Gasteiger partial charge in [0.25, 0.3) is 0 Å². The van der Waals surface area contributed by atoms with E-state index in [1.54, 1.807) is 19.2 Å². The molecule has 1 aromatic rings. The maximum absolute atomic E-state index is 13.2. The average molecular weight is 532 g/mol. The summed E-state index contributed by atoms with van der Waals surface area (Å²) in [6.07, 6.45) is 6.19. The Balaban J connectivity index is 0.00000320. The average Bonchev–Trinajstić information content (AvgIpc) is 2.72. The first-order valence-electron chi connectivity index (χ1n) is 10.7. The van der Waals surface area contributed by atoms with E-state index in [1.807, 2.05) is 6.92 Å². The van der Waals surface area contributed by atoms with Crippen LogP contribution in [0.1, 0.15) is 57.1 Å². The van der Waals surface area contributed by atoms with E-state index in [-0.39, 0.29) is 47.9 Å². The highest BCUT2D eigenvalue weighted by Gasteiger charge is 2.28. The van der Waals surface area contributed by atoms with Crippen molar-refractivity contribution in [1.82, 2.24) is 15.5 Å². The van der Waals surface area contributed by atoms with Crippen LogP contribution in [0.3, 0.4) is 0 Å². The third-order valence-corrected chi connectivity index (χ3v) is 5.62. The van der Waals surface area contributed by atoms with Gasteiger partial charge in [0.1, 0.15) is 11.9 Å². The molecule has 1 saturated carbocycles. The van der Waals surface area contributed by atoms with Gasteiger partial charge in [0.2, 0.25) is 5.91 Å². The molecule has 2 N–H and O–H groups in total. The van der Waals surface area contributed by atoms with Crippen molar-refractivity contribution in [3.05, 3.63) is 35.6 Å². The highest BCUT2D eigenvalue weighted by atomic mass is 127. The monoisotopic (exact) mass is 532 g/mol. The number of carbonyl (C=O) groups is 1. The Morgan fingerprint density at radius 2 is 1.90 bits per heavy atom. The van der Waals surface area contributed by atoms with E-state index in [4.69, 9.17) is 4.74 Å². The van der Waals surface area contributed by atoms with Crippen LogP contribution in [0.2, 0.25) is 0 Å². The van der Waals surface area contributed by atoms with E-state index in [1.165, 1.54) is 31.4 Å². The van der Waals surface area contributed by atoms with Gasteiger partial charge in [-0.2, -0.15) is 0 Å². The molecule has 3 rings (SSSR count). The van der Waals surface area contributed by atoms with Gasteiger partial charge in [-0.25, -0.2) is 4.39 Å². The molecule has 1 aliphatic carbocycles. The van der Waals surface area contributed by atoms with Gasteiger partial charge >= 0.3 is 0 Å². The van der Waals surface area contributed by atoms with E-state index >= 15 is 0 Å². The molecule has 0 aromatic heterocycles. The molecule has 1 aromatic carbocycles. The normalized spacial score (nSPS) is 22.9. The van der Waals surface area contributed by atoms with E-state index in [0.29, 0.717) is 32.1 Å². The molecule has 2 unspecified atom stereocenters. The van der Waals surface area contributed by atoms with E-state index in [9.17, 15) is 9.18 Å². The molecule has 2 fully saturated rings. The van der Waals surface area contributed by atoms with Crippen molar-refractivity contribution in [2.24, 2.45) is 4.99 Å². The fourth-order valence-electron chi connectivity index (χ4n) is 4.15. The lowest BCUT2D eigenvalue weighted by molar-refractivity contribution is -0.121. The number of hydrogen-bond acceptors (Lipinski definition) is 3. The third-order valence-electron chi connectivity index (χ3n) is 5.62. The second-order valence-corrected chi connectivity index (χ2v) is 8.02. The Kier molecular flexibility index (Phi) is 10.3. The largest absolute Gasteiger partial charge is 0.367 e. The fourth-order valence-corrected chi connectivity index (χ4v) is 4.15. The minimum Gasteiger partial charge on any atom is -0.367 e. The Morgan fingerprint density at radius 3 is 2.57 bits per heavy atom.